The Morgan fingerprint density at radius 1 is 1.13 bits per heavy atom. The predicted molar refractivity (Wildman–Crippen MR) is 88.3 cm³/mol. The third-order valence-electron chi connectivity index (χ3n) is 3.38. The van der Waals surface area contributed by atoms with Crippen LogP contribution >= 0.6 is 11.6 Å². The Kier molecular flexibility index (Phi) is 4.91. The molecule has 0 unspecified atom stereocenters. The number of anilines is 1. The standard InChI is InChI=1S/C17H16ClNO4/c1-9-5-12(20)6-10(2)16(9)17(23)19-14-7-11(8-15(21)22)3-4-13(14)18/h3-7,20H,8H2,1-2H3,(H,19,23)(H,21,22). The summed E-state index contributed by atoms with van der Waals surface area (Å²) in [5.41, 5.74) is 2.61. The van der Waals surface area contributed by atoms with Gasteiger partial charge in [-0.3, -0.25) is 9.59 Å². The molecule has 0 saturated heterocycles. The van der Waals surface area contributed by atoms with Gasteiger partial charge < -0.3 is 15.5 Å². The van der Waals surface area contributed by atoms with Crippen molar-refractivity contribution in [3.8, 4) is 5.75 Å². The van der Waals surface area contributed by atoms with Crippen molar-refractivity contribution < 1.29 is 19.8 Å². The quantitative estimate of drug-likeness (QED) is 0.798. The van der Waals surface area contributed by atoms with Gasteiger partial charge in [0.2, 0.25) is 0 Å². The monoisotopic (exact) mass is 333 g/mol. The van der Waals surface area contributed by atoms with Gasteiger partial charge in [0.15, 0.2) is 0 Å². The third-order valence-corrected chi connectivity index (χ3v) is 3.71. The first kappa shape index (κ1) is 16.8. The van der Waals surface area contributed by atoms with Crippen LogP contribution < -0.4 is 5.32 Å². The molecule has 0 spiro atoms. The van der Waals surface area contributed by atoms with Crippen LogP contribution in [-0.2, 0) is 11.2 Å². The van der Waals surface area contributed by atoms with Gasteiger partial charge in [0.25, 0.3) is 5.91 Å². The van der Waals surface area contributed by atoms with Crippen molar-refractivity contribution in [2.75, 3.05) is 5.32 Å². The van der Waals surface area contributed by atoms with Gasteiger partial charge in [-0.2, -0.15) is 0 Å². The molecule has 120 valence electrons. The van der Waals surface area contributed by atoms with Crippen LogP contribution in [0.3, 0.4) is 0 Å². The van der Waals surface area contributed by atoms with Crippen LogP contribution in [0.5, 0.6) is 5.75 Å². The van der Waals surface area contributed by atoms with Crippen molar-refractivity contribution in [2.45, 2.75) is 20.3 Å². The normalized spacial score (nSPS) is 10.4. The van der Waals surface area contributed by atoms with Crippen molar-refractivity contribution in [2.24, 2.45) is 0 Å². The van der Waals surface area contributed by atoms with Gasteiger partial charge in [0, 0.05) is 5.56 Å². The van der Waals surface area contributed by atoms with Gasteiger partial charge in [0.05, 0.1) is 17.1 Å². The van der Waals surface area contributed by atoms with E-state index < -0.39 is 5.97 Å². The van der Waals surface area contributed by atoms with Crippen LogP contribution in [0.4, 0.5) is 5.69 Å². The molecule has 0 aromatic heterocycles. The Hall–Kier alpha value is -2.53. The average molecular weight is 334 g/mol. The van der Waals surface area contributed by atoms with Crippen molar-refractivity contribution in [3.05, 3.63) is 57.6 Å². The molecule has 0 aliphatic heterocycles. The Balaban J connectivity index is 2.32. The molecule has 0 aliphatic rings. The SMILES string of the molecule is Cc1cc(O)cc(C)c1C(=O)Nc1cc(CC(=O)O)ccc1Cl. The molecule has 23 heavy (non-hydrogen) atoms. The number of benzene rings is 2. The highest BCUT2D eigenvalue weighted by molar-refractivity contribution is 6.34. The molecule has 1 amide bonds. The molecule has 0 fully saturated rings. The minimum absolute atomic E-state index is 0.0954. The fraction of sp³-hybridized carbons (Fsp3) is 0.176. The highest BCUT2D eigenvalue weighted by atomic mass is 35.5. The van der Waals surface area contributed by atoms with E-state index in [9.17, 15) is 14.7 Å². The van der Waals surface area contributed by atoms with Gasteiger partial charge >= 0.3 is 5.97 Å². The molecule has 0 aliphatic carbocycles. The van der Waals surface area contributed by atoms with Gasteiger partial charge in [-0.25, -0.2) is 0 Å². The highest BCUT2D eigenvalue weighted by Crippen LogP contribution is 2.26. The number of aryl methyl sites for hydroxylation is 2. The fourth-order valence-electron chi connectivity index (χ4n) is 2.44. The summed E-state index contributed by atoms with van der Waals surface area (Å²) in [6, 6.07) is 7.70. The molecule has 2 rings (SSSR count). The van der Waals surface area contributed by atoms with Crippen LogP contribution in [0.2, 0.25) is 5.02 Å². The maximum Gasteiger partial charge on any atom is 0.307 e. The first-order valence-electron chi connectivity index (χ1n) is 6.89. The van der Waals surface area contributed by atoms with Crippen molar-refractivity contribution in [1.82, 2.24) is 0 Å². The number of phenolic OH excluding ortho intramolecular Hbond substituents is 1. The molecule has 2 aromatic carbocycles. The van der Waals surface area contributed by atoms with Gasteiger partial charge in [0.1, 0.15) is 5.75 Å². The Labute approximate surface area is 138 Å². The third kappa shape index (κ3) is 4.02. The summed E-state index contributed by atoms with van der Waals surface area (Å²) in [6.07, 6.45) is -0.155. The van der Waals surface area contributed by atoms with Crippen LogP contribution in [0.1, 0.15) is 27.0 Å². The zero-order valence-corrected chi connectivity index (χ0v) is 13.4. The molecular weight excluding hydrogens is 318 g/mol. The van der Waals surface area contributed by atoms with Crippen LogP contribution in [0.15, 0.2) is 30.3 Å². The highest BCUT2D eigenvalue weighted by Gasteiger charge is 2.15. The summed E-state index contributed by atoms with van der Waals surface area (Å²) >= 11 is 6.07. The lowest BCUT2D eigenvalue weighted by Crippen LogP contribution is -2.15. The van der Waals surface area contributed by atoms with E-state index in [1.165, 1.54) is 12.1 Å². The molecule has 0 saturated carbocycles. The molecule has 0 heterocycles. The summed E-state index contributed by atoms with van der Waals surface area (Å²) in [6.45, 7) is 3.45. The minimum atomic E-state index is -0.963. The summed E-state index contributed by atoms with van der Waals surface area (Å²) in [5, 5.41) is 21.4. The van der Waals surface area contributed by atoms with E-state index in [1.807, 2.05) is 0 Å². The maximum atomic E-state index is 12.5. The van der Waals surface area contributed by atoms with E-state index in [4.69, 9.17) is 16.7 Å². The summed E-state index contributed by atoms with van der Waals surface area (Å²) in [7, 11) is 0. The number of hydrogen-bond acceptors (Lipinski definition) is 3. The molecule has 3 N–H and O–H groups in total. The molecular formula is C17H16ClNO4. The number of carbonyl (C=O) groups is 2. The van der Waals surface area contributed by atoms with Crippen LogP contribution in [0, 0.1) is 13.8 Å². The van der Waals surface area contributed by atoms with Crippen LogP contribution in [-0.4, -0.2) is 22.1 Å². The number of carbonyl (C=O) groups excluding carboxylic acids is 1. The van der Waals surface area contributed by atoms with Crippen molar-refractivity contribution >= 4 is 29.2 Å². The topological polar surface area (TPSA) is 86.6 Å². The lowest BCUT2D eigenvalue weighted by atomic mass is 10.0. The van der Waals surface area contributed by atoms with Gasteiger partial charge in [-0.05, 0) is 54.8 Å². The molecule has 6 heteroatoms. The Morgan fingerprint density at radius 3 is 2.30 bits per heavy atom. The Morgan fingerprint density at radius 2 is 1.74 bits per heavy atom. The summed E-state index contributed by atoms with van der Waals surface area (Å²) in [4.78, 5) is 23.3. The van der Waals surface area contributed by atoms with E-state index in [2.05, 4.69) is 5.32 Å². The first-order valence-corrected chi connectivity index (χ1v) is 7.27. The molecule has 5 nitrogen and oxygen atoms in total. The molecule has 2 aromatic rings. The number of rotatable bonds is 4. The fourth-order valence-corrected chi connectivity index (χ4v) is 2.60. The minimum Gasteiger partial charge on any atom is -0.508 e. The van der Waals surface area contributed by atoms with Gasteiger partial charge in [-0.1, -0.05) is 17.7 Å². The second kappa shape index (κ2) is 6.71. The number of carboxylic acids is 1. The zero-order chi connectivity index (χ0) is 17.1. The number of aliphatic carboxylic acids is 1. The molecule has 0 radical (unpaired) electrons. The van der Waals surface area contributed by atoms with E-state index in [0.717, 1.165) is 0 Å². The van der Waals surface area contributed by atoms with Crippen molar-refractivity contribution in [1.29, 1.82) is 0 Å². The lowest BCUT2D eigenvalue weighted by Gasteiger charge is -2.13. The lowest BCUT2D eigenvalue weighted by molar-refractivity contribution is -0.136. The number of carboxylic acid groups (broad SMARTS) is 1. The number of amides is 1. The molecule has 0 bridgehead atoms. The average Bonchev–Trinajstić information content (AvgIpc) is 2.40. The second-order valence-corrected chi connectivity index (χ2v) is 5.70. The van der Waals surface area contributed by atoms with E-state index in [1.54, 1.807) is 32.0 Å². The number of aromatic hydroxyl groups is 1. The second-order valence-electron chi connectivity index (χ2n) is 5.29. The Bertz CT molecular complexity index is 763. The first-order chi connectivity index (χ1) is 10.8. The largest absolute Gasteiger partial charge is 0.508 e. The van der Waals surface area contributed by atoms with Gasteiger partial charge in [-0.15, -0.1) is 0 Å². The van der Waals surface area contributed by atoms with Crippen LogP contribution in [0.25, 0.3) is 0 Å². The number of halogens is 1. The summed E-state index contributed by atoms with van der Waals surface area (Å²) in [5.74, 6) is -1.23. The van der Waals surface area contributed by atoms with Crippen molar-refractivity contribution in [3.63, 3.8) is 0 Å². The van der Waals surface area contributed by atoms with E-state index in [-0.39, 0.29) is 18.1 Å². The predicted octanol–water partition coefficient (Wildman–Crippen LogP) is 3.54. The van der Waals surface area contributed by atoms with E-state index >= 15 is 0 Å². The maximum absolute atomic E-state index is 12.5. The smallest absolute Gasteiger partial charge is 0.307 e. The van der Waals surface area contributed by atoms with E-state index in [0.29, 0.717) is 33.0 Å². The zero-order valence-electron chi connectivity index (χ0n) is 12.7. The number of phenols is 1. The number of nitrogens with one attached hydrogen (secondary N) is 1. The number of hydrogen-bond donors (Lipinski definition) is 3. The molecule has 0 atom stereocenters. The summed E-state index contributed by atoms with van der Waals surface area (Å²) < 4.78 is 0.